The molecule has 0 saturated carbocycles. The highest BCUT2D eigenvalue weighted by atomic mass is 31.2. The van der Waals surface area contributed by atoms with Gasteiger partial charge in [0.15, 0.2) is 0 Å². The molecule has 0 aliphatic rings. The SMILES string of the molecule is CNCC(CO)COP(=O)([O-])OCCOP(=O)([O-])OCCOP(=O)([O-])OCCOP(=O)([O-])OCCOP(=O)([O-])OCCOP(=O)([O-])OCC(CNC)COP(=O)([O-])O. The van der Waals surface area contributed by atoms with E-state index in [1.807, 2.05) is 0 Å². The van der Waals surface area contributed by atoms with Crippen LogP contribution in [-0.4, -0.2) is 130 Å². The van der Waals surface area contributed by atoms with Crippen molar-refractivity contribution < 1.29 is 135 Å². The minimum Gasteiger partial charge on any atom is -0.756 e. The molecule has 0 aliphatic heterocycles. The summed E-state index contributed by atoms with van der Waals surface area (Å²) in [7, 11) is -32.7. The van der Waals surface area contributed by atoms with Crippen molar-refractivity contribution in [3.05, 3.63) is 0 Å². The highest BCUT2D eigenvalue weighted by molar-refractivity contribution is 7.47. The second-order valence-corrected chi connectivity index (χ2v) is 20.1. The summed E-state index contributed by atoms with van der Waals surface area (Å²) in [5.41, 5.74) is 0. The summed E-state index contributed by atoms with van der Waals surface area (Å²) in [6.45, 7) is -11.2. The molecule has 0 aromatic heterocycles. The summed E-state index contributed by atoms with van der Waals surface area (Å²) in [6.07, 6.45) is 0. The van der Waals surface area contributed by atoms with Crippen molar-refractivity contribution in [2.24, 2.45) is 11.8 Å². The molecule has 38 heteroatoms. The van der Waals surface area contributed by atoms with E-state index < -0.39 is 159 Å². The first-order valence-corrected chi connectivity index (χ1v) is 26.1. The van der Waals surface area contributed by atoms with E-state index in [1.54, 1.807) is 7.05 Å². The van der Waals surface area contributed by atoms with Crippen molar-refractivity contribution in [1.29, 1.82) is 0 Å². The van der Waals surface area contributed by atoms with E-state index >= 15 is 0 Å². The van der Waals surface area contributed by atoms with Gasteiger partial charge in [-0.1, -0.05) is 0 Å². The number of phosphoric acid groups is 7. The van der Waals surface area contributed by atoms with Gasteiger partial charge in [-0.3, -0.25) is 32.0 Å². The van der Waals surface area contributed by atoms with Crippen LogP contribution in [0.3, 0.4) is 0 Å². The van der Waals surface area contributed by atoms with Gasteiger partial charge < -0.3 is 114 Å². The lowest BCUT2D eigenvalue weighted by Crippen LogP contribution is -2.28. The number of phosphoric ester groups is 7. The lowest BCUT2D eigenvalue weighted by molar-refractivity contribution is -0.238. The average molecular weight is 993 g/mol. The predicted molar refractivity (Wildman–Crippen MR) is 175 cm³/mol. The topological polar surface area (TPSA) is 465 Å². The van der Waals surface area contributed by atoms with Crippen LogP contribution in [0.5, 0.6) is 0 Å². The van der Waals surface area contributed by atoms with Crippen molar-refractivity contribution in [2.45, 2.75) is 0 Å². The second kappa shape index (κ2) is 29.2. The van der Waals surface area contributed by atoms with Crippen LogP contribution in [-0.2, 0) is 90.8 Å². The Hall–Kier alpha value is 0.650. The molecule has 0 amide bonds. The van der Waals surface area contributed by atoms with E-state index in [4.69, 9.17) is 10.00 Å². The van der Waals surface area contributed by atoms with Crippen LogP contribution in [0, 0.1) is 11.8 Å². The zero-order valence-corrected chi connectivity index (χ0v) is 36.8. The fourth-order valence-electron chi connectivity index (χ4n) is 3.23. The van der Waals surface area contributed by atoms with Crippen LogP contribution in [0.25, 0.3) is 0 Å². The third-order valence-electron chi connectivity index (χ3n) is 5.56. The molecular formula is C20H44N2O29P7-7. The molecule has 0 spiro atoms. The van der Waals surface area contributed by atoms with Gasteiger partial charge in [-0.25, -0.2) is 0 Å². The largest absolute Gasteiger partial charge is 0.756 e. The molecule has 0 radical (unpaired) electrons. The maximum Gasteiger partial charge on any atom is 0.268 e. The molecule has 58 heavy (non-hydrogen) atoms. The van der Waals surface area contributed by atoms with Crippen molar-refractivity contribution in [2.75, 3.05) is 120 Å². The van der Waals surface area contributed by atoms with Gasteiger partial charge in [0.25, 0.3) is 54.8 Å². The van der Waals surface area contributed by atoms with Crippen LogP contribution in [0.1, 0.15) is 0 Å². The van der Waals surface area contributed by atoms with E-state index in [0.29, 0.717) is 0 Å². The Labute approximate surface area is 331 Å². The standard InChI is InChI=1S/C20H51N2O29P7/c1-21-13-19(15-23)16-50-57(35,36)47-11-9-45-55(31,32)43-7-5-41-53(27,28)39-3-4-40-54(29,30)42-6-8-44-56(33,34)46-10-12-48-58(37,38)51-18-20(14-22-2)17-49-52(24,25)26/h19-23H,3-18H2,1-2H3,(H,27,28)(H,29,30)(H,31,32)(H,33,34)(H,35,36)(H,37,38)(H2,24,25,26)/p-7. The predicted octanol–water partition coefficient (Wildman–Crippen LogP) is -4.86. The quantitative estimate of drug-likeness (QED) is 0.0331. The van der Waals surface area contributed by atoms with Gasteiger partial charge in [0.2, 0.25) is 0 Å². The fraction of sp³-hybridized carbons (Fsp3) is 1.00. The molecule has 0 bridgehead atoms. The van der Waals surface area contributed by atoms with Gasteiger partial charge in [0.05, 0.1) is 85.9 Å². The highest BCUT2D eigenvalue weighted by Crippen LogP contribution is 2.44. The van der Waals surface area contributed by atoms with E-state index in [2.05, 4.69) is 69.4 Å². The van der Waals surface area contributed by atoms with Crippen molar-refractivity contribution in [3.63, 3.8) is 0 Å². The Morgan fingerprint density at radius 2 is 0.603 bits per heavy atom. The summed E-state index contributed by atoms with van der Waals surface area (Å²) in [4.78, 5) is 89.9. The summed E-state index contributed by atoms with van der Waals surface area (Å²) in [5, 5.41) is 14.4. The van der Waals surface area contributed by atoms with Crippen molar-refractivity contribution in [1.82, 2.24) is 10.6 Å². The Kier molecular flexibility index (Phi) is 29.5. The molecule has 0 heterocycles. The lowest BCUT2D eigenvalue weighted by atomic mass is 10.2. The molecule has 0 aromatic rings. The maximum atomic E-state index is 11.8. The third kappa shape index (κ3) is 34.2. The summed E-state index contributed by atoms with van der Waals surface area (Å²) in [5.74, 6) is -1.46. The Morgan fingerprint density at radius 3 is 0.828 bits per heavy atom. The number of rotatable bonds is 39. The molecule has 0 rings (SSSR count). The lowest BCUT2D eigenvalue weighted by Gasteiger charge is -2.28. The molecule has 9 unspecified atom stereocenters. The molecular weight excluding hydrogens is 949 g/mol. The summed E-state index contributed by atoms with van der Waals surface area (Å²) in [6, 6.07) is 0. The van der Waals surface area contributed by atoms with Crippen LogP contribution >= 0.6 is 54.8 Å². The molecule has 350 valence electrons. The number of nitrogens with one attached hydrogen (secondary N) is 2. The van der Waals surface area contributed by atoms with Gasteiger partial charge in [0, 0.05) is 31.5 Å². The van der Waals surface area contributed by atoms with Crippen LogP contribution in [0.4, 0.5) is 0 Å². The van der Waals surface area contributed by atoms with Gasteiger partial charge in [0.1, 0.15) is 0 Å². The van der Waals surface area contributed by atoms with Gasteiger partial charge in [-0.2, -0.15) is 0 Å². The first kappa shape index (κ1) is 58.6. The van der Waals surface area contributed by atoms with Gasteiger partial charge in [-0.15, -0.1) is 0 Å². The van der Waals surface area contributed by atoms with E-state index in [-0.39, 0.29) is 13.1 Å². The molecule has 0 saturated heterocycles. The monoisotopic (exact) mass is 993 g/mol. The molecule has 0 aromatic carbocycles. The van der Waals surface area contributed by atoms with E-state index in [1.165, 1.54) is 7.05 Å². The van der Waals surface area contributed by atoms with Crippen LogP contribution in [0.2, 0.25) is 0 Å². The molecule has 31 nitrogen and oxygen atoms in total. The minimum absolute atomic E-state index is 0.00781. The van der Waals surface area contributed by atoms with Gasteiger partial charge in [-0.05, 0) is 14.1 Å². The number of hydrogen-bond donors (Lipinski definition) is 4. The zero-order chi connectivity index (χ0) is 44.6. The summed E-state index contributed by atoms with van der Waals surface area (Å²) < 4.78 is 138. The Balaban J connectivity index is 4.27. The average Bonchev–Trinajstić information content (AvgIpc) is 3.10. The number of aliphatic hydroxyl groups excluding tert-OH is 1. The van der Waals surface area contributed by atoms with Crippen LogP contribution in [0.15, 0.2) is 0 Å². The van der Waals surface area contributed by atoms with E-state index in [9.17, 15) is 66.2 Å². The number of aliphatic hydroxyl groups is 1. The molecule has 4 N–H and O–H groups in total. The second-order valence-electron chi connectivity index (χ2n) is 10.4. The Bertz CT molecular complexity index is 1490. The maximum absolute atomic E-state index is 11.8. The molecule has 0 fully saturated rings. The third-order valence-corrected chi connectivity index (χ3v) is 12.0. The first-order valence-electron chi connectivity index (χ1n) is 15.9. The fourth-order valence-corrected chi connectivity index (χ4v) is 7.84. The normalized spacial score (nSPS) is 20.7. The smallest absolute Gasteiger partial charge is 0.268 e. The van der Waals surface area contributed by atoms with Gasteiger partial charge >= 0.3 is 0 Å². The van der Waals surface area contributed by atoms with E-state index in [0.717, 1.165) is 0 Å². The first-order chi connectivity index (χ1) is 26.7. The Morgan fingerprint density at radius 1 is 0.397 bits per heavy atom. The van der Waals surface area contributed by atoms with Crippen LogP contribution < -0.4 is 44.9 Å². The summed E-state index contributed by atoms with van der Waals surface area (Å²) >= 11 is 0. The number of hydrogen-bond acceptors (Lipinski definition) is 30. The zero-order valence-electron chi connectivity index (χ0n) is 30.5. The highest BCUT2D eigenvalue weighted by Gasteiger charge is 2.20. The molecule has 0 aliphatic carbocycles. The van der Waals surface area contributed by atoms with Crippen molar-refractivity contribution in [3.8, 4) is 0 Å². The molecule has 9 atom stereocenters. The minimum atomic E-state index is -5.20. The van der Waals surface area contributed by atoms with Crippen molar-refractivity contribution >= 4 is 54.8 Å².